The smallest absolute Gasteiger partial charge is 0.249 e. The highest BCUT2D eigenvalue weighted by atomic mass is 16.7. The van der Waals surface area contributed by atoms with Crippen LogP contribution in [0.4, 0.5) is 5.69 Å². The highest BCUT2D eigenvalue weighted by Gasteiger charge is 2.32. The van der Waals surface area contributed by atoms with Crippen LogP contribution in [0.15, 0.2) is 72.8 Å². The fraction of sp³-hybridized carbons (Fsp3) is 0.286. The normalized spacial score (nSPS) is 13.3. The summed E-state index contributed by atoms with van der Waals surface area (Å²) in [5.74, 6) is -0.167. The van der Waals surface area contributed by atoms with E-state index in [4.69, 9.17) is 4.84 Å². The SMILES string of the molecule is CC(C)C[C@@H](C(=O)Nc1ccc(CO)cc1)N(C=O)OCC1c2ccccc2-c2ccccc21. The van der Waals surface area contributed by atoms with Crippen molar-refractivity contribution in [3.63, 3.8) is 0 Å². The summed E-state index contributed by atoms with van der Waals surface area (Å²) < 4.78 is 0. The Kier molecular flexibility index (Phi) is 7.40. The predicted molar refractivity (Wildman–Crippen MR) is 132 cm³/mol. The van der Waals surface area contributed by atoms with Gasteiger partial charge in [0.2, 0.25) is 12.3 Å². The van der Waals surface area contributed by atoms with Gasteiger partial charge in [0, 0.05) is 11.6 Å². The molecule has 4 rings (SSSR count). The molecule has 0 aliphatic heterocycles. The lowest BCUT2D eigenvalue weighted by Crippen LogP contribution is -2.44. The number of hydroxylamine groups is 2. The Hall–Kier alpha value is -3.48. The first kappa shape index (κ1) is 23.7. The minimum absolute atomic E-state index is 0.0244. The van der Waals surface area contributed by atoms with Crippen molar-refractivity contribution in [2.24, 2.45) is 5.92 Å². The second kappa shape index (κ2) is 10.6. The monoisotopic (exact) mass is 458 g/mol. The van der Waals surface area contributed by atoms with Gasteiger partial charge in [-0.2, -0.15) is 0 Å². The summed E-state index contributed by atoms with van der Waals surface area (Å²) in [6, 6.07) is 22.6. The third kappa shape index (κ3) is 5.03. The molecule has 0 aromatic heterocycles. The molecule has 0 saturated carbocycles. The number of carbonyl (C=O) groups excluding carboxylic acids is 2. The van der Waals surface area contributed by atoms with Crippen molar-refractivity contribution in [1.29, 1.82) is 0 Å². The quantitative estimate of drug-likeness (QED) is 0.340. The number of carbonyl (C=O) groups is 2. The number of rotatable bonds is 10. The summed E-state index contributed by atoms with van der Waals surface area (Å²) in [6.07, 6.45) is 1.05. The van der Waals surface area contributed by atoms with Crippen molar-refractivity contribution in [2.45, 2.75) is 38.8 Å². The molecule has 0 unspecified atom stereocenters. The topological polar surface area (TPSA) is 78.9 Å². The zero-order valence-corrected chi connectivity index (χ0v) is 19.5. The van der Waals surface area contributed by atoms with Crippen molar-refractivity contribution in [1.82, 2.24) is 5.06 Å². The van der Waals surface area contributed by atoms with E-state index in [1.54, 1.807) is 24.3 Å². The second-order valence-electron chi connectivity index (χ2n) is 8.98. The van der Waals surface area contributed by atoms with Crippen LogP contribution in [0.2, 0.25) is 0 Å². The maximum atomic E-state index is 13.2. The first-order chi connectivity index (χ1) is 16.5. The molecule has 0 saturated heterocycles. The fourth-order valence-corrected chi connectivity index (χ4v) is 4.49. The largest absolute Gasteiger partial charge is 0.392 e. The number of amides is 2. The number of nitrogens with zero attached hydrogens (tertiary/aromatic N) is 1. The number of fused-ring (bicyclic) bond motifs is 3. The van der Waals surface area contributed by atoms with E-state index in [0.717, 1.165) is 21.8 Å². The van der Waals surface area contributed by atoms with E-state index in [-0.39, 0.29) is 31.0 Å². The Morgan fingerprint density at radius 1 is 1.00 bits per heavy atom. The Morgan fingerprint density at radius 3 is 2.12 bits per heavy atom. The molecule has 0 radical (unpaired) electrons. The molecule has 0 bridgehead atoms. The first-order valence-electron chi connectivity index (χ1n) is 11.6. The van der Waals surface area contributed by atoms with Crippen molar-refractivity contribution in [2.75, 3.05) is 11.9 Å². The highest BCUT2D eigenvalue weighted by Crippen LogP contribution is 2.44. The van der Waals surface area contributed by atoms with Crippen LogP contribution in [0, 0.1) is 5.92 Å². The molecule has 2 N–H and O–H groups in total. The maximum absolute atomic E-state index is 13.2. The van der Waals surface area contributed by atoms with E-state index in [2.05, 4.69) is 29.6 Å². The van der Waals surface area contributed by atoms with Crippen molar-refractivity contribution in [3.8, 4) is 11.1 Å². The van der Waals surface area contributed by atoms with Crippen molar-refractivity contribution >= 4 is 18.0 Å². The average Bonchev–Trinajstić information content (AvgIpc) is 3.17. The van der Waals surface area contributed by atoms with Crippen LogP contribution in [0.5, 0.6) is 0 Å². The van der Waals surface area contributed by atoms with Gasteiger partial charge in [0.15, 0.2) is 0 Å². The van der Waals surface area contributed by atoms with Gasteiger partial charge < -0.3 is 10.4 Å². The molecule has 0 heterocycles. The summed E-state index contributed by atoms with van der Waals surface area (Å²) in [7, 11) is 0. The zero-order chi connectivity index (χ0) is 24.1. The van der Waals surface area contributed by atoms with Gasteiger partial charge in [0.1, 0.15) is 6.04 Å². The lowest BCUT2D eigenvalue weighted by Gasteiger charge is -2.29. The van der Waals surface area contributed by atoms with Crippen molar-refractivity contribution < 1.29 is 19.5 Å². The summed E-state index contributed by atoms with van der Waals surface area (Å²) in [4.78, 5) is 31.2. The average molecular weight is 459 g/mol. The number of aliphatic hydroxyl groups is 1. The minimum atomic E-state index is -0.776. The summed E-state index contributed by atoms with van der Waals surface area (Å²) in [5, 5.41) is 13.2. The molecule has 0 fully saturated rings. The first-order valence-corrected chi connectivity index (χ1v) is 11.6. The second-order valence-corrected chi connectivity index (χ2v) is 8.98. The van der Waals surface area contributed by atoms with Gasteiger partial charge in [-0.3, -0.25) is 14.4 Å². The van der Waals surface area contributed by atoms with Gasteiger partial charge in [-0.05, 0) is 52.3 Å². The molecule has 34 heavy (non-hydrogen) atoms. The number of hydrogen-bond donors (Lipinski definition) is 2. The van der Waals surface area contributed by atoms with Crippen molar-refractivity contribution in [3.05, 3.63) is 89.5 Å². The fourth-order valence-electron chi connectivity index (χ4n) is 4.49. The molecule has 3 aromatic carbocycles. The van der Waals surface area contributed by atoms with Crippen LogP contribution >= 0.6 is 0 Å². The Morgan fingerprint density at radius 2 is 1.59 bits per heavy atom. The van der Waals surface area contributed by atoms with Gasteiger partial charge >= 0.3 is 0 Å². The van der Waals surface area contributed by atoms with Crippen LogP contribution in [0.1, 0.15) is 42.9 Å². The van der Waals surface area contributed by atoms with Gasteiger partial charge in [0.25, 0.3) is 0 Å². The van der Waals surface area contributed by atoms with Gasteiger partial charge in [0.05, 0.1) is 13.2 Å². The van der Waals surface area contributed by atoms with E-state index in [1.165, 1.54) is 11.1 Å². The molecule has 0 spiro atoms. The highest BCUT2D eigenvalue weighted by molar-refractivity contribution is 5.95. The number of aliphatic hydroxyl groups excluding tert-OH is 1. The predicted octanol–water partition coefficient (Wildman–Crippen LogP) is 4.73. The van der Waals surface area contributed by atoms with Crippen LogP contribution in [-0.2, 0) is 21.0 Å². The lowest BCUT2D eigenvalue weighted by molar-refractivity contribution is -0.191. The minimum Gasteiger partial charge on any atom is -0.392 e. The maximum Gasteiger partial charge on any atom is 0.249 e. The van der Waals surface area contributed by atoms with Gasteiger partial charge in [-0.15, -0.1) is 0 Å². The van der Waals surface area contributed by atoms with Gasteiger partial charge in [-0.1, -0.05) is 74.5 Å². The molecule has 3 aromatic rings. The molecule has 1 aliphatic rings. The molecule has 176 valence electrons. The molecular weight excluding hydrogens is 428 g/mol. The third-order valence-electron chi connectivity index (χ3n) is 6.17. The van der Waals surface area contributed by atoms with E-state index < -0.39 is 6.04 Å². The summed E-state index contributed by atoms with van der Waals surface area (Å²) in [5.41, 5.74) is 6.01. The Labute approximate surface area is 200 Å². The van der Waals surface area contributed by atoms with E-state index in [9.17, 15) is 14.7 Å². The number of hydrogen-bond acceptors (Lipinski definition) is 4. The zero-order valence-electron chi connectivity index (χ0n) is 19.5. The third-order valence-corrected chi connectivity index (χ3v) is 6.17. The van der Waals surface area contributed by atoms with Crippen LogP contribution in [-0.4, -0.2) is 35.1 Å². The van der Waals surface area contributed by atoms with E-state index in [1.807, 2.05) is 38.1 Å². The molecular formula is C28H30N2O4. The molecule has 1 atom stereocenters. The Balaban J connectivity index is 1.51. The number of anilines is 1. The number of nitrogens with one attached hydrogen (secondary N) is 1. The van der Waals surface area contributed by atoms with Crippen LogP contribution in [0.25, 0.3) is 11.1 Å². The standard InChI is InChI=1S/C28H30N2O4/c1-19(2)15-27(28(33)29-21-13-11-20(16-31)12-14-21)30(18-32)34-17-26-24-9-5-3-7-22(24)23-8-4-6-10-25(23)26/h3-14,18-19,26-27,31H,15-17H2,1-2H3,(H,29,33)/t27-/m0/s1. The summed E-state index contributed by atoms with van der Waals surface area (Å²) in [6.45, 7) is 4.19. The van der Waals surface area contributed by atoms with E-state index >= 15 is 0 Å². The van der Waals surface area contributed by atoms with Crippen LogP contribution in [0.3, 0.4) is 0 Å². The van der Waals surface area contributed by atoms with Crippen LogP contribution < -0.4 is 5.32 Å². The molecule has 6 heteroatoms. The molecule has 1 aliphatic carbocycles. The Bertz CT molecular complexity index is 1100. The van der Waals surface area contributed by atoms with E-state index in [0.29, 0.717) is 18.5 Å². The lowest BCUT2D eigenvalue weighted by atomic mass is 9.98. The summed E-state index contributed by atoms with van der Waals surface area (Å²) >= 11 is 0. The molecule has 6 nitrogen and oxygen atoms in total. The number of benzene rings is 3. The van der Waals surface area contributed by atoms with Gasteiger partial charge in [-0.25, -0.2) is 5.06 Å². The molecule has 2 amide bonds.